The second kappa shape index (κ2) is 9.01. The number of nitrogens with zero attached hydrogens (tertiary/aromatic N) is 2. The van der Waals surface area contributed by atoms with E-state index in [0.29, 0.717) is 12.0 Å². The van der Waals surface area contributed by atoms with Crippen LogP contribution in [0.5, 0.6) is 0 Å². The summed E-state index contributed by atoms with van der Waals surface area (Å²) in [6.07, 6.45) is 3.00. The fourth-order valence-electron chi connectivity index (χ4n) is 3.29. The minimum Gasteiger partial charge on any atom is -0.353 e. The van der Waals surface area contributed by atoms with Crippen LogP contribution in [0.2, 0.25) is 0 Å². The molecule has 1 heterocycles. The van der Waals surface area contributed by atoms with Gasteiger partial charge in [0.15, 0.2) is 5.96 Å². The van der Waals surface area contributed by atoms with Crippen molar-refractivity contribution in [2.75, 3.05) is 7.05 Å². The summed E-state index contributed by atoms with van der Waals surface area (Å²) in [7, 11) is 1.82. The van der Waals surface area contributed by atoms with Gasteiger partial charge in [-0.2, -0.15) is 0 Å². The molecule has 2 unspecified atom stereocenters. The van der Waals surface area contributed by atoms with E-state index in [2.05, 4.69) is 72.9 Å². The molecule has 2 N–H and O–H groups in total. The number of pyridine rings is 1. The van der Waals surface area contributed by atoms with E-state index in [1.165, 1.54) is 16.5 Å². The summed E-state index contributed by atoms with van der Waals surface area (Å²) in [6.45, 7) is 0.721. The molecule has 0 amide bonds. The van der Waals surface area contributed by atoms with Crippen LogP contribution >= 0.6 is 39.9 Å². The van der Waals surface area contributed by atoms with Crippen molar-refractivity contribution in [3.05, 3.63) is 76.4 Å². The molecule has 1 fully saturated rings. The lowest BCUT2D eigenvalue weighted by Gasteiger charge is -2.13. The number of nitrogens with one attached hydrogen (secondary N) is 2. The summed E-state index contributed by atoms with van der Waals surface area (Å²) in [4.78, 5) is 8.80. The molecule has 0 aliphatic heterocycles. The van der Waals surface area contributed by atoms with E-state index in [0.717, 1.165) is 28.9 Å². The predicted octanol–water partition coefficient (Wildman–Crippen LogP) is 4.84. The third-order valence-electron chi connectivity index (χ3n) is 4.82. The Kier molecular flexibility index (Phi) is 6.70. The van der Waals surface area contributed by atoms with Gasteiger partial charge >= 0.3 is 0 Å². The summed E-state index contributed by atoms with van der Waals surface area (Å²) in [6, 6.07) is 19.3. The lowest BCUT2D eigenvalue weighted by Crippen LogP contribution is -2.38. The van der Waals surface area contributed by atoms with E-state index >= 15 is 0 Å². The SMILES string of the molecule is CN=C(NCc1ccnc2ccccc12)NC1CC1c1ccc(Br)cc1.I. The zero-order chi connectivity index (χ0) is 17.9. The van der Waals surface area contributed by atoms with Gasteiger partial charge in [-0.3, -0.25) is 9.98 Å². The molecule has 0 radical (unpaired) electrons. The lowest BCUT2D eigenvalue weighted by atomic mass is 10.1. The first-order chi connectivity index (χ1) is 12.7. The Morgan fingerprint density at radius 3 is 2.70 bits per heavy atom. The third kappa shape index (κ3) is 4.79. The van der Waals surface area contributed by atoms with E-state index < -0.39 is 0 Å². The molecule has 1 saturated carbocycles. The van der Waals surface area contributed by atoms with Crippen molar-refractivity contribution < 1.29 is 0 Å². The zero-order valence-corrected chi connectivity index (χ0v) is 18.9. The number of halogens is 2. The highest BCUT2D eigenvalue weighted by Crippen LogP contribution is 2.40. The first-order valence-corrected chi connectivity index (χ1v) is 9.59. The Morgan fingerprint density at radius 1 is 1.15 bits per heavy atom. The quantitative estimate of drug-likeness (QED) is 0.285. The van der Waals surface area contributed by atoms with E-state index in [-0.39, 0.29) is 24.0 Å². The van der Waals surface area contributed by atoms with E-state index in [4.69, 9.17) is 0 Å². The number of fused-ring (bicyclic) bond motifs is 1. The Labute approximate surface area is 185 Å². The molecule has 6 heteroatoms. The number of hydrogen-bond donors (Lipinski definition) is 2. The Balaban J connectivity index is 0.00000210. The van der Waals surface area contributed by atoms with Crippen molar-refractivity contribution >= 4 is 56.8 Å². The summed E-state index contributed by atoms with van der Waals surface area (Å²) >= 11 is 3.49. The van der Waals surface area contributed by atoms with Gasteiger partial charge in [-0.05, 0) is 41.8 Å². The summed E-state index contributed by atoms with van der Waals surface area (Å²) in [5.41, 5.74) is 3.62. The maximum absolute atomic E-state index is 4.42. The second-order valence-electron chi connectivity index (χ2n) is 6.56. The molecule has 0 bridgehead atoms. The van der Waals surface area contributed by atoms with Crippen molar-refractivity contribution in [1.82, 2.24) is 15.6 Å². The van der Waals surface area contributed by atoms with Gasteiger partial charge in [-0.25, -0.2) is 0 Å². The zero-order valence-electron chi connectivity index (χ0n) is 15.0. The lowest BCUT2D eigenvalue weighted by molar-refractivity contribution is 0.791. The highest BCUT2D eigenvalue weighted by atomic mass is 127. The van der Waals surface area contributed by atoms with E-state index in [1.54, 1.807) is 0 Å². The van der Waals surface area contributed by atoms with Crippen molar-refractivity contribution in [3.63, 3.8) is 0 Å². The molecule has 0 saturated heterocycles. The minimum atomic E-state index is 0. The van der Waals surface area contributed by atoms with Gasteiger partial charge in [0.1, 0.15) is 0 Å². The van der Waals surface area contributed by atoms with Gasteiger partial charge < -0.3 is 10.6 Å². The van der Waals surface area contributed by atoms with Crippen LogP contribution in [0, 0.1) is 0 Å². The molecule has 1 aliphatic rings. The van der Waals surface area contributed by atoms with Gasteiger partial charge in [0, 0.05) is 41.6 Å². The van der Waals surface area contributed by atoms with Crippen LogP contribution in [0.15, 0.2) is 70.3 Å². The Morgan fingerprint density at radius 2 is 1.93 bits per heavy atom. The molecule has 4 nitrogen and oxygen atoms in total. The van der Waals surface area contributed by atoms with Gasteiger partial charge in [-0.15, -0.1) is 24.0 Å². The molecule has 1 aliphatic carbocycles. The molecule has 4 rings (SSSR count). The van der Waals surface area contributed by atoms with Crippen LogP contribution in [0.4, 0.5) is 0 Å². The van der Waals surface area contributed by atoms with Gasteiger partial charge in [-0.1, -0.05) is 46.3 Å². The summed E-state index contributed by atoms with van der Waals surface area (Å²) in [5, 5.41) is 8.15. The monoisotopic (exact) mass is 536 g/mol. The van der Waals surface area contributed by atoms with Crippen molar-refractivity contribution in [2.24, 2.45) is 4.99 Å². The highest BCUT2D eigenvalue weighted by Gasteiger charge is 2.38. The highest BCUT2D eigenvalue weighted by molar-refractivity contribution is 14.0. The number of aliphatic imine (C=N–C) groups is 1. The first-order valence-electron chi connectivity index (χ1n) is 8.80. The van der Waals surface area contributed by atoms with Crippen LogP contribution in [0.1, 0.15) is 23.5 Å². The molecule has 1 aromatic heterocycles. The second-order valence-corrected chi connectivity index (χ2v) is 7.47. The first kappa shape index (κ1) is 20.1. The number of rotatable bonds is 4. The fourth-order valence-corrected chi connectivity index (χ4v) is 3.56. The standard InChI is InChI=1S/C21H21BrN4.HI/c1-23-21(26-20-12-18(20)14-6-8-16(22)9-7-14)25-13-15-10-11-24-19-5-3-2-4-17(15)19;/h2-11,18,20H,12-13H2,1H3,(H2,23,25,26);1H. The van der Waals surface area contributed by atoms with E-state index in [9.17, 15) is 0 Å². The van der Waals surface area contributed by atoms with Crippen molar-refractivity contribution in [2.45, 2.75) is 24.9 Å². The van der Waals surface area contributed by atoms with Gasteiger partial charge in [0.05, 0.1) is 5.52 Å². The normalized spacial score (nSPS) is 18.7. The minimum absolute atomic E-state index is 0. The predicted molar refractivity (Wildman–Crippen MR) is 126 cm³/mol. The Hall–Kier alpha value is -1.67. The maximum atomic E-state index is 4.42. The molecule has 2 aromatic carbocycles. The largest absolute Gasteiger partial charge is 0.353 e. The fraction of sp³-hybridized carbons (Fsp3) is 0.238. The van der Waals surface area contributed by atoms with E-state index in [1.807, 2.05) is 31.4 Å². The third-order valence-corrected chi connectivity index (χ3v) is 5.35. The van der Waals surface area contributed by atoms with Crippen LogP contribution in [-0.4, -0.2) is 24.0 Å². The van der Waals surface area contributed by atoms with Crippen LogP contribution < -0.4 is 10.6 Å². The van der Waals surface area contributed by atoms with Crippen molar-refractivity contribution in [1.29, 1.82) is 0 Å². The molecule has 0 spiro atoms. The summed E-state index contributed by atoms with van der Waals surface area (Å²) < 4.78 is 1.12. The molecule has 140 valence electrons. The van der Waals surface area contributed by atoms with Crippen LogP contribution in [-0.2, 0) is 6.54 Å². The smallest absolute Gasteiger partial charge is 0.191 e. The molecule has 3 aromatic rings. The van der Waals surface area contributed by atoms with Gasteiger partial charge in [0.2, 0.25) is 0 Å². The number of benzene rings is 2. The molecule has 27 heavy (non-hydrogen) atoms. The average molecular weight is 537 g/mol. The Bertz CT molecular complexity index is 937. The van der Waals surface area contributed by atoms with Gasteiger partial charge in [0.25, 0.3) is 0 Å². The molecular formula is C21H22BrIN4. The number of aromatic nitrogens is 1. The molecule has 2 atom stereocenters. The number of hydrogen-bond acceptors (Lipinski definition) is 2. The topological polar surface area (TPSA) is 49.3 Å². The maximum Gasteiger partial charge on any atom is 0.191 e. The van der Waals surface area contributed by atoms with Crippen molar-refractivity contribution in [3.8, 4) is 0 Å². The number of guanidine groups is 1. The summed E-state index contributed by atoms with van der Waals surface area (Å²) in [5.74, 6) is 1.40. The molecular weight excluding hydrogens is 515 g/mol. The van der Waals surface area contributed by atoms with Crippen LogP contribution in [0.25, 0.3) is 10.9 Å². The number of para-hydroxylation sites is 1. The average Bonchev–Trinajstić information content (AvgIpc) is 3.45. The van der Waals surface area contributed by atoms with Crippen LogP contribution in [0.3, 0.4) is 0 Å².